The van der Waals surface area contributed by atoms with Crippen LogP contribution in [0.3, 0.4) is 0 Å². The number of sulfonamides is 1. The normalized spacial score (nSPS) is 16.6. The highest BCUT2D eigenvalue weighted by molar-refractivity contribution is 7.92. The number of nitrogens with one attached hydrogen (secondary N) is 1. The minimum atomic E-state index is -4.63. The highest BCUT2D eigenvalue weighted by atomic mass is 32.2. The van der Waals surface area contributed by atoms with E-state index in [2.05, 4.69) is 22.0 Å². The van der Waals surface area contributed by atoms with Gasteiger partial charge in [0, 0.05) is 44.0 Å². The van der Waals surface area contributed by atoms with Gasteiger partial charge in [0.1, 0.15) is 17.5 Å². The molecule has 0 spiro atoms. The molecule has 2 heterocycles. The molecule has 2 aromatic carbocycles. The van der Waals surface area contributed by atoms with Crippen LogP contribution in [0.15, 0.2) is 59.6 Å². The molecule has 0 aliphatic carbocycles. The van der Waals surface area contributed by atoms with Crippen LogP contribution in [-0.2, 0) is 16.6 Å². The van der Waals surface area contributed by atoms with Crippen molar-refractivity contribution in [2.75, 3.05) is 29.8 Å². The summed E-state index contributed by atoms with van der Waals surface area (Å²) in [6.07, 6.45) is 1.61. The number of likely N-dealkylation sites (N-methyl/N-ethyl adjacent to an activating group) is 1. The van der Waals surface area contributed by atoms with Gasteiger partial charge in [-0.15, -0.1) is 0 Å². The monoisotopic (exact) mass is 490 g/mol. The van der Waals surface area contributed by atoms with Crippen LogP contribution in [0.25, 0.3) is 0 Å². The minimum absolute atomic E-state index is 0.0187. The van der Waals surface area contributed by atoms with Crippen LogP contribution >= 0.6 is 0 Å². The number of nitrogens with zero attached hydrogens (tertiary/aromatic N) is 3. The van der Waals surface area contributed by atoms with Crippen molar-refractivity contribution in [1.29, 1.82) is 0 Å². The zero-order valence-electron chi connectivity index (χ0n) is 18.8. The van der Waals surface area contributed by atoms with Gasteiger partial charge in [0.2, 0.25) is 0 Å². The fourth-order valence-electron chi connectivity index (χ4n) is 4.23. The molecule has 1 unspecified atom stereocenters. The highest BCUT2D eigenvalue weighted by Gasteiger charge is 2.31. The van der Waals surface area contributed by atoms with Crippen molar-refractivity contribution < 1.29 is 21.6 Å². The van der Waals surface area contributed by atoms with Crippen molar-refractivity contribution in [1.82, 2.24) is 9.88 Å². The zero-order chi connectivity index (χ0) is 24.5. The van der Waals surface area contributed by atoms with Crippen molar-refractivity contribution in [2.24, 2.45) is 0 Å². The topological polar surface area (TPSA) is 65.5 Å². The van der Waals surface area contributed by atoms with Crippen LogP contribution < -0.4 is 9.62 Å². The molecule has 0 radical (unpaired) electrons. The van der Waals surface area contributed by atoms with Gasteiger partial charge in [0.25, 0.3) is 10.0 Å². The van der Waals surface area contributed by atoms with Crippen LogP contribution in [-0.4, -0.2) is 44.5 Å². The minimum Gasteiger partial charge on any atom is -0.370 e. The number of rotatable bonds is 7. The second kappa shape index (κ2) is 9.63. The van der Waals surface area contributed by atoms with E-state index in [1.54, 1.807) is 11.9 Å². The molecule has 1 atom stereocenters. The standard InChI is InChI=1S/C24H25F3N4O2S/c1-16-21(30(2)19-10-11-31(15-19)14-17-6-4-3-5-7-17)12-20(26)24(23(16)27)34(32,33)29-22-9-8-18(25)13-28-22/h3-9,12-13,19H,10-11,14-15H2,1-2H3,(H,28,29). The Kier molecular flexibility index (Phi) is 6.81. The van der Waals surface area contributed by atoms with E-state index in [1.165, 1.54) is 12.5 Å². The smallest absolute Gasteiger partial charge is 0.268 e. The molecule has 180 valence electrons. The second-order valence-electron chi connectivity index (χ2n) is 8.39. The largest absolute Gasteiger partial charge is 0.370 e. The van der Waals surface area contributed by atoms with Gasteiger partial charge in [0.05, 0.1) is 6.20 Å². The lowest BCUT2D eigenvalue weighted by Crippen LogP contribution is -2.35. The first kappa shape index (κ1) is 24.0. The fraction of sp³-hybridized carbons (Fsp3) is 0.292. The quantitative estimate of drug-likeness (QED) is 0.535. The molecule has 1 N–H and O–H groups in total. The summed E-state index contributed by atoms with van der Waals surface area (Å²) >= 11 is 0. The summed E-state index contributed by atoms with van der Waals surface area (Å²) in [5.74, 6) is -3.30. The summed E-state index contributed by atoms with van der Waals surface area (Å²) in [4.78, 5) is 6.57. The Balaban J connectivity index is 1.54. The summed E-state index contributed by atoms with van der Waals surface area (Å²) in [5.41, 5.74) is 1.51. The van der Waals surface area contributed by atoms with Gasteiger partial charge in [-0.05, 0) is 37.1 Å². The number of likely N-dealkylation sites (tertiary alicyclic amines) is 1. The van der Waals surface area contributed by atoms with Gasteiger partial charge in [-0.3, -0.25) is 9.62 Å². The first-order chi connectivity index (χ1) is 16.2. The summed E-state index contributed by atoms with van der Waals surface area (Å²) in [6.45, 7) is 3.76. The number of pyridine rings is 1. The Morgan fingerprint density at radius 1 is 1.15 bits per heavy atom. The number of aromatic nitrogens is 1. The maximum absolute atomic E-state index is 15.2. The van der Waals surface area contributed by atoms with Gasteiger partial charge in [-0.1, -0.05) is 30.3 Å². The molecule has 1 aliphatic rings. The molecule has 10 heteroatoms. The van der Waals surface area contributed by atoms with Gasteiger partial charge in [-0.25, -0.2) is 26.6 Å². The number of hydrogen-bond donors (Lipinski definition) is 1. The van der Waals surface area contributed by atoms with E-state index in [4.69, 9.17) is 0 Å². The average molecular weight is 491 g/mol. The highest BCUT2D eigenvalue weighted by Crippen LogP contribution is 2.33. The molecule has 1 aliphatic heterocycles. The van der Waals surface area contributed by atoms with Crippen LogP contribution in [0.2, 0.25) is 0 Å². The van der Waals surface area contributed by atoms with Crippen LogP contribution in [0.1, 0.15) is 17.5 Å². The van der Waals surface area contributed by atoms with E-state index in [9.17, 15) is 17.2 Å². The third-order valence-corrected chi connectivity index (χ3v) is 7.44. The maximum atomic E-state index is 15.2. The van der Waals surface area contributed by atoms with Gasteiger partial charge in [0.15, 0.2) is 10.7 Å². The molecule has 4 rings (SSSR count). The molecule has 0 bridgehead atoms. The summed E-state index contributed by atoms with van der Waals surface area (Å²) < 4.78 is 70.6. The van der Waals surface area contributed by atoms with Crippen LogP contribution in [0.5, 0.6) is 0 Å². The Bertz CT molecular complexity index is 1270. The summed E-state index contributed by atoms with van der Waals surface area (Å²) in [7, 11) is -2.87. The Labute approximate surface area is 197 Å². The van der Waals surface area contributed by atoms with E-state index in [1.807, 2.05) is 22.9 Å². The maximum Gasteiger partial charge on any atom is 0.268 e. The number of benzene rings is 2. The molecular formula is C24H25F3N4O2S. The molecular weight excluding hydrogens is 465 g/mol. The molecule has 1 saturated heterocycles. The van der Waals surface area contributed by atoms with Crippen LogP contribution in [0.4, 0.5) is 24.7 Å². The predicted octanol–water partition coefficient (Wildman–Crippen LogP) is 4.32. The van der Waals surface area contributed by atoms with E-state index in [0.717, 1.165) is 43.9 Å². The SMILES string of the molecule is Cc1c(N(C)C2CCN(Cc3ccccc3)C2)cc(F)c(S(=O)(=O)Nc2ccc(F)cn2)c1F. The fourth-order valence-corrected chi connectivity index (χ4v) is 5.43. The van der Waals surface area contributed by atoms with Crippen molar-refractivity contribution in [3.8, 4) is 0 Å². The van der Waals surface area contributed by atoms with Crippen molar-refractivity contribution in [2.45, 2.75) is 30.8 Å². The Morgan fingerprint density at radius 2 is 1.88 bits per heavy atom. The van der Waals surface area contributed by atoms with E-state index in [0.29, 0.717) is 12.2 Å². The second-order valence-corrected chi connectivity index (χ2v) is 10.0. The van der Waals surface area contributed by atoms with Crippen molar-refractivity contribution in [3.63, 3.8) is 0 Å². The van der Waals surface area contributed by atoms with Gasteiger partial charge in [-0.2, -0.15) is 0 Å². The predicted molar refractivity (Wildman–Crippen MR) is 125 cm³/mol. The Hall–Kier alpha value is -3.11. The van der Waals surface area contributed by atoms with E-state index < -0.39 is 32.4 Å². The van der Waals surface area contributed by atoms with E-state index >= 15 is 4.39 Å². The molecule has 34 heavy (non-hydrogen) atoms. The van der Waals surface area contributed by atoms with E-state index in [-0.39, 0.29) is 17.4 Å². The number of hydrogen-bond acceptors (Lipinski definition) is 5. The first-order valence-electron chi connectivity index (χ1n) is 10.8. The van der Waals surface area contributed by atoms with Crippen LogP contribution in [0, 0.1) is 24.4 Å². The number of halogens is 3. The molecule has 6 nitrogen and oxygen atoms in total. The molecule has 0 amide bonds. The number of anilines is 2. The lowest BCUT2D eigenvalue weighted by atomic mass is 10.1. The zero-order valence-corrected chi connectivity index (χ0v) is 19.6. The molecule has 0 saturated carbocycles. The summed E-state index contributed by atoms with van der Waals surface area (Å²) in [6, 6.07) is 13.2. The van der Waals surface area contributed by atoms with Gasteiger partial charge >= 0.3 is 0 Å². The lowest BCUT2D eigenvalue weighted by molar-refractivity contribution is 0.326. The lowest BCUT2D eigenvalue weighted by Gasteiger charge is -2.29. The Morgan fingerprint density at radius 3 is 2.56 bits per heavy atom. The summed E-state index contributed by atoms with van der Waals surface area (Å²) in [5, 5.41) is 0. The first-order valence-corrected chi connectivity index (χ1v) is 12.3. The van der Waals surface area contributed by atoms with Crippen molar-refractivity contribution in [3.05, 3.63) is 83.3 Å². The molecule has 1 fully saturated rings. The molecule has 3 aromatic rings. The molecule has 1 aromatic heterocycles. The van der Waals surface area contributed by atoms with Gasteiger partial charge < -0.3 is 4.90 Å². The van der Waals surface area contributed by atoms with Crippen molar-refractivity contribution >= 4 is 21.5 Å². The third-order valence-electron chi connectivity index (χ3n) is 6.05. The third kappa shape index (κ3) is 5.02. The average Bonchev–Trinajstić information content (AvgIpc) is 3.26.